The SMILES string of the molecule is COc1cccc2c1ccn2CCCNC(=O)CC1NC(=O)c2ccccc2NC1=O. The third-order valence-corrected chi connectivity index (χ3v) is 5.33. The van der Waals surface area contributed by atoms with Gasteiger partial charge in [0.2, 0.25) is 11.8 Å². The molecule has 0 saturated heterocycles. The van der Waals surface area contributed by atoms with Crippen molar-refractivity contribution < 1.29 is 19.1 Å². The van der Waals surface area contributed by atoms with Crippen LogP contribution in [0, 0.1) is 0 Å². The maximum Gasteiger partial charge on any atom is 0.254 e. The molecule has 1 aliphatic heterocycles. The summed E-state index contributed by atoms with van der Waals surface area (Å²) >= 11 is 0. The number of amides is 3. The second-order valence-corrected chi connectivity index (χ2v) is 7.37. The van der Waals surface area contributed by atoms with Gasteiger partial charge in [0.15, 0.2) is 0 Å². The fourth-order valence-corrected chi connectivity index (χ4v) is 3.76. The van der Waals surface area contributed by atoms with Crippen molar-refractivity contribution in [2.45, 2.75) is 25.4 Å². The number of hydrogen-bond donors (Lipinski definition) is 3. The first-order valence-electron chi connectivity index (χ1n) is 10.2. The third kappa shape index (κ3) is 4.37. The number of nitrogens with one attached hydrogen (secondary N) is 3. The highest BCUT2D eigenvalue weighted by Crippen LogP contribution is 2.26. The zero-order valence-electron chi connectivity index (χ0n) is 17.2. The molecular weight excluding hydrogens is 396 g/mol. The first kappa shape index (κ1) is 20.5. The molecule has 0 bridgehead atoms. The Bertz CT molecular complexity index is 1140. The van der Waals surface area contributed by atoms with Gasteiger partial charge < -0.3 is 25.3 Å². The Balaban J connectivity index is 1.28. The van der Waals surface area contributed by atoms with Crippen LogP contribution in [-0.4, -0.2) is 42.0 Å². The van der Waals surface area contributed by atoms with Crippen molar-refractivity contribution in [2.24, 2.45) is 0 Å². The number of para-hydroxylation sites is 1. The second-order valence-electron chi connectivity index (χ2n) is 7.37. The van der Waals surface area contributed by atoms with Crippen LogP contribution in [0.5, 0.6) is 5.75 Å². The van der Waals surface area contributed by atoms with Crippen LogP contribution in [0.4, 0.5) is 5.69 Å². The van der Waals surface area contributed by atoms with Crippen LogP contribution in [0.3, 0.4) is 0 Å². The van der Waals surface area contributed by atoms with Crippen molar-refractivity contribution in [3.05, 3.63) is 60.3 Å². The number of hydrogen-bond acceptors (Lipinski definition) is 4. The molecule has 1 atom stereocenters. The van der Waals surface area contributed by atoms with Gasteiger partial charge in [-0.25, -0.2) is 0 Å². The molecule has 0 saturated carbocycles. The predicted octanol–water partition coefficient (Wildman–Crippen LogP) is 2.30. The molecule has 0 aliphatic carbocycles. The van der Waals surface area contributed by atoms with Crippen LogP contribution in [0.15, 0.2) is 54.7 Å². The number of nitrogens with zero attached hydrogens (tertiary/aromatic N) is 1. The first-order chi connectivity index (χ1) is 15.1. The molecule has 3 aromatic rings. The summed E-state index contributed by atoms with van der Waals surface area (Å²) in [7, 11) is 1.65. The Labute approximate surface area is 179 Å². The van der Waals surface area contributed by atoms with E-state index in [1.807, 2.05) is 30.5 Å². The van der Waals surface area contributed by atoms with Crippen molar-refractivity contribution in [3.8, 4) is 5.75 Å². The summed E-state index contributed by atoms with van der Waals surface area (Å²) in [5.74, 6) is -0.233. The van der Waals surface area contributed by atoms with Gasteiger partial charge in [0.05, 0.1) is 30.3 Å². The number of rotatable bonds is 7. The minimum absolute atomic E-state index is 0.116. The Hall–Kier alpha value is -3.81. The average Bonchev–Trinajstić information content (AvgIpc) is 3.14. The summed E-state index contributed by atoms with van der Waals surface area (Å²) in [6, 6.07) is 13.8. The fraction of sp³-hybridized carbons (Fsp3) is 0.261. The third-order valence-electron chi connectivity index (χ3n) is 5.33. The Morgan fingerprint density at radius 3 is 2.81 bits per heavy atom. The lowest BCUT2D eigenvalue weighted by Crippen LogP contribution is -2.44. The van der Waals surface area contributed by atoms with E-state index in [2.05, 4.69) is 20.5 Å². The van der Waals surface area contributed by atoms with E-state index in [0.717, 1.165) is 29.6 Å². The number of benzene rings is 2. The number of anilines is 1. The van der Waals surface area contributed by atoms with Gasteiger partial charge in [-0.05, 0) is 36.8 Å². The Morgan fingerprint density at radius 2 is 1.97 bits per heavy atom. The number of aromatic nitrogens is 1. The largest absolute Gasteiger partial charge is 0.496 e. The molecule has 2 heterocycles. The molecule has 0 radical (unpaired) electrons. The molecule has 31 heavy (non-hydrogen) atoms. The van der Waals surface area contributed by atoms with E-state index in [1.54, 1.807) is 31.4 Å². The summed E-state index contributed by atoms with van der Waals surface area (Å²) in [5, 5.41) is 9.21. The van der Waals surface area contributed by atoms with Crippen LogP contribution in [0.2, 0.25) is 0 Å². The van der Waals surface area contributed by atoms with Crippen molar-refractivity contribution in [1.82, 2.24) is 15.2 Å². The van der Waals surface area contributed by atoms with Gasteiger partial charge >= 0.3 is 0 Å². The second kappa shape index (κ2) is 8.91. The molecular formula is C23H24N4O4. The predicted molar refractivity (Wildman–Crippen MR) is 117 cm³/mol. The molecule has 1 aliphatic rings. The van der Waals surface area contributed by atoms with Crippen LogP contribution in [0.25, 0.3) is 10.9 Å². The average molecular weight is 420 g/mol. The summed E-state index contributed by atoms with van der Waals surface area (Å²) in [5.41, 5.74) is 1.90. The summed E-state index contributed by atoms with van der Waals surface area (Å²) in [4.78, 5) is 37.1. The van der Waals surface area contributed by atoms with Gasteiger partial charge in [0.1, 0.15) is 11.8 Å². The zero-order chi connectivity index (χ0) is 21.8. The molecule has 0 fully saturated rings. The minimum atomic E-state index is -0.916. The van der Waals surface area contributed by atoms with Crippen molar-refractivity contribution in [1.29, 1.82) is 0 Å². The summed E-state index contributed by atoms with van der Waals surface area (Å²) < 4.78 is 7.49. The van der Waals surface area contributed by atoms with Crippen molar-refractivity contribution >= 4 is 34.3 Å². The quantitative estimate of drug-likeness (QED) is 0.511. The minimum Gasteiger partial charge on any atom is -0.496 e. The highest BCUT2D eigenvalue weighted by molar-refractivity contribution is 6.10. The van der Waals surface area contributed by atoms with Crippen molar-refractivity contribution in [2.75, 3.05) is 19.0 Å². The number of fused-ring (bicyclic) bond motifs is 2. The first-order valence-corrected chi connectivity index (χ1v) is 10.2. The lowest BCUT2D eigenvalue weighted by Gasteiger charge is -2.14. The van der Waals surface area contributed by atoms with E-state index in [0.29, 0.717) is 17.8 Å². The topological polar surface area (TPSA) is 101 Å². The van der Waals surface area contributed by atoms with E-state index in [1.165, 1.54) is 0 Å². The molecule has 4 rings (SSSR count). The molecule has 3 amide bonds. The molecule has 3 N–H and O–H groups in total. The lowest BCUT2D eigenvalue weighted by atomic mass is 10.1. The highest BCUT2D eigenvalue weighted by Gasteiger charge is 2.29. The number of methoxy groups -OCH3 is 1. The fourth-order valence-electron chi connectivity index (χ4n) is 3.76. The highest BCUT2D eigenvalue weighted by atomic mass is 16.5. The van der Waals surface area contributed by atoms with Gasteiger partial charge in [-0.15, -0.1) is 0 Å². The van der Waals surface area contributed by atoms with E-state index in [9.17, 15) is 14.4 Å². The molecule has 1 unspecified atom stereocenters. The van der Waals surface area contributed by atoms with Gasteiger partial charge in [0.25, 0.3) is 5.91 Å². The van der Waals surface area contributed by atoms with Crippen LogP contribution >= 0.6 is 0 Å². The Morgan fingerprint density at radius 1 is 1.13 bits per heavy atom. The maximum atomic E-state index is 12.4. The molecule has 1 aromatic heterocycles. The van der Waals surface area contributed by atoms with Gasteiger partial charge in [0, 0.05) is 24.7 Å². The van der Waals surface area contributed by atoms with Crippen LogP contribution in [-0.2, 0) is 16.1 Å². The van der Waals surface area contributed by atoms with Crippen LogP contribution in [0.1, 0.15) is 23.2 Å². The molecule has 8 heteroatoms. The van der Waals surface area contributed by atoms with E-state index in [-0.39, 0.29) is 18.2 Å². The van der Waals surface area contributed by atoms with Gasteiger partial charge in [-0.2, -0.15) is 0 Å². The monoisotopic (exact) mass is 420 g/mol. The number of aryl methyl sites for hydroxylation is 1. The number of carbonyl (C=O) groups excluding carboxylic acids is 3. The van der Waals surface area contributed by atoms with E-state index in [4.69, 9.17) is 4.74 Å². The number of ether oxygens (including phenoxy) is 1. The number of carbonyl (C=O) groups is 3. The normalized spacial score (nSPS) is 15.6. The summed E-state index contributed by atoms with van der Waals surface area (Å²) in [6.07, 6.45) is 2.61. The van der Waals surface area contributed by atoms with Crippen LogP contribution < -0.4 is 20.7 Å². The van der Waals surface area contributed by atoms with E-state index >= 15 is 0 Å². The van der Waals surface area contributed by atoms with E-state index < -0.39 is 11.9 Å². The molecule has 160 valence electrons. The lowest BCUT2D eigenvalue weighted by molar-refractivity contribution is -0.125. The van der Waals surface area contributed by atoms with Crippen molar-refractivity contribution in [3.63, 3.8) is 0 Å². The molecule has 8 nitrogen and oxygen atoms in total. The zero-order valence-corrected chi connectivity index (χ0v) is 17.2. The van der Waals surface area contributed by atoms with Gasteiger partial charge in [-0.1, -0.05) is 18.2 Å². The molecule has 2 aromatic carbocycles. The van der Waals surface area contributed by atoms with Gasteiger partial charge in [-0.3, -0.25) is 14.4 Å². The maximum absolute atomic E-state index is 12.4. The molecule has 0 spiro atoms. The standard InChI is InChI=1S/C23H24N4O4/c1-31-20-9-4-8-19-16(20)10-13-27(19)12-5-11-24-21(28)14-18-23(30)25-17-7-3-2-6-15(17)22(29)26-18/h2-4,6-10,13,18H,5,11-12,14H2,1H3,(H,24,28)(H,25,30)(H,26,29). The summed E-state index contributed by atoms with van der Waals surface area (Å²) in [6.45, 7) is 1.19. The smallest absolute Gasteiger partial charge is 0.254 e. The Kier molecular flexibility index (Phi) is 5.88.